The highest BCUT2D eigenvalue weighted by Gasteiger charge is 2.46. The van der Waals surface area contributed by atoms with E-state index in [4.69, 9.17) is 8.83 Å². The van der Waals surface area contributed by atoms with Crippen molar-refractivity contribution in [2.24, 2.45) is 0 Å². The van der Waals surface area contributed by atoms with E-state index in [1.165, 1.54) is 4.90 Å². The van der Waals surface area contributed by atoms with E-state index >= 15 is 0 Å². The van der Waals surface area contributed by atoms with Crippen LogP contribution in [0.1, 0.15) is 33.7 Å². The molecule has 0 aliphatic carbocycles. The summed E-state index contributed by atoms with van der Waals surface area (Å²) in [5, 5.41) is 11.5. The third-order valence-electron chi connectivity index (χ3n) is 5.44. The van der Waals surface area contributed by atoms with Gasteiger partial charge in [-0.3, -0.25) is 14.5 Å². The monoisotopic (exact) mass is 413 g/mol. The number of aliphatic hydroxyl groups excluding tert-OH is 1. The molecule has 0 saturated carbocycles. The van der Waals surface area contributed by atoms with E-state index in [1.807, 2.05) is 37.3 Å². The van der Waals surface area contributed by atoms with Gasteiger partial charge in [-0.1, -0.05) is 35.9 Å². The minimum atomic E-state index is -0.912. The number of hydrogen-bond acceptors (Lipinski definition) is 5. The highest BCUT2D eigenvalue weighted by Crippen LogP contribution is 2.42. The van der Waals surface area contributed by atoms with Gasteiger partial charge in [0.05, 0.1) is 5.57 Å². The molecule has 0 radical (unpaired) electrons. The summed E-state index contributed by atoms with van der Waals surface area (Å²) in [6.45, 7) is 3.72. The van der Waals surface area contributed by atoms with Gasteiger partial charge in [0.2, 0.25) is 5.78 Å². The van der Waals surface area contributed by atoms with Gasteiger partial charge in [0.1, 0.15) is 23.1 Å². The van der Waals surface area contributed by atoms with Crippen LogP contribution in [0.25, 0.3) is 11.0 Å². The second kappa shape index (κ2) is 7.02. The van der Waals surface area contributed by atoms with Gasteiger partial charge in [-0.2, -0.15) is 0 Å². The first kappa shape index (κ1) is 18.9. The molecule has 1 aliphatic heterocycles. The van der Waals surface area contributed by atoms with E-state index in [2.05, 4.69) is 0 Å². The summed E-state index contributed by atoms with van der Waals surface area (Å²) < 4.78 is 11.5. The van der Waals surface area contributed by atoms with E-state index in [0.717, 1.165) is 10.9 Å². The molecule has 1 aliphatic rings. The fourth-order valence-electron chi connectivity index (χ4n) is 3.90. The van der Waals surface area contributed by atoms with Gasteiger partial charge in [-0.15, -0.1) is 0 Å². The van der Waals surface area contributed by atoms with Gasteiger partial charge in [-0.05, 0) is 50.2 Å². The van der Waals surface area contributed by atoms with Gasteiger partial charge in [0.25, 0.3) is 5.91 Å². The number of furan rings is 2. The summed E-state index contributed by atoms with van der Waals surface area (Å²) in [6.07, 6.45) is 0. The standard InChI is InChI=1S/C25H19NO5/c1-14-7-10-17(11-8-14)26-22(19-12-9-15(2)30-19)21(24(28)25(26)29)23(27)20-13-16-5-3-4-6-18(16)31-20/h3-13,22,28H,1-2H3. The molecule has 0 fully saturated rings. The number of amides is 1. The van der Waals surface area contributed by atoms with Crippen LogP contribution in [0.15, 0.2) is 86.9 Å². The first-order chi connectivity index (χ1) is 14.9. The zero-order valence-electron chi connectivity index (χ0n) is 17.0. The van der Waals surface area contributed by atoms with Crippen molar-refractivity contribution >= 4 is 28.3 Å². The number of rotatable bonds is 4. The Labute approximate surface area is 178 Å². The molecule has 0 spiro atoms. The fourth-order valence-corrected chi connectivity index (χ4v) is 3.90. The largest absolute Gasteiger partial charge is 0.503 e. The highest BCUT2D eigenvalue weighted by atomic mass is 16.4. The van der Waals surface area contributed by atoms with Crippen LogP contribution in [0.5, 0.6) is 0 Å². The lowest BCUT2D eigenvalue weighted by Crippen LogP contribution is -2.30. The van der Waals surface area contributed by atoms with Crippen molar-refractivity contribution in [1.29, 1.82) is 0 Å². The molecule has 154 valence electrons. The van der Waals surface area contributed by atoms with Crippen molar-refractivity contribution in [1.82, 2.24) is 0 Å². The Kier molecular flexibility index (Phi) is 4.29. The Morgan fingerprint density at radius 3 is 2.39 bits per heavy atom. The fraction of sp³-hybridized carbons (Fsp3) is 0.120. The maximum absolute atomic E-state index is 13.5. The Morgan fingerprint density at radius 1 is 0.968 bits per heavy atom. The molecular formula is C25H19NO5. The lowest BCUT2D eigenvalue weighted by atomic mass is 9.99. The molecule has 6 nitrogen and oxygen atoms in total. The van der Waals surface area contributed by atoms with Crippen LogP contribution in [-0.2, 0) is 4.79 Å². The number of Topliss-reactive ketones (excluding diaryl/α,β-unsaturated/α-hetero) is 1. The van der Waals surface area contributed by atoms with Crippen LogP contribution in [0.3, 0.4) is 0 Å². The molecule has 0 saturated heterocycles. The number of anilines is 1. The predicted molar refractivity (Wildman–Crippen MR) is 115 cm³/mol. The molecule has 2 aromatic carbocycles. The smallest absolute Gasteiger partial charge is 0.294 e. The number of ketones is 1. The maximum atomic E-state index is 13.5. The number of aliphatic hydroxyl groups is 1. The number of aryl methyl sites for hydroxylation is 2. The first-order valence-electron chi connectivity index (χ1n) is 9.87. The van der Waals surface area contributed by atoms with Crippen LogP contribution in [-0.4, -0.2) is 16.8 Å². The molecule has 1 amide bonds. The van der Waals surface area contributed by atoms with Gasteiger partial charge in [-0.25, -0.2) is 0 Å². The number of benzene rings is 2. The average molecular weight is 413 g/mol. The number of carbonyl (C=O) groups is 2. The van der Waals surface area contributed by atoms with Crippen LogP contribution in [0.4, 0.5) is 5.69 Å². The molecule has 5 rings (SSSR count). The third kappa shape index (κ3) is 3.04. The van der Waals surface area contributed by atoms with Crippen molar-refractivity contribution in [2.45, 2.75) is 19.9 Å². The van der Waals surface area contributed by atoms with Crippen molar-refractivity contribution in [3.63, 3.8) is 0 Å². The Morgan fingerprint density at radius 2 is 1.71 bits per heavy atom. The molecule has 1 unspecified atom stereocenters. The minimum absolute atomic E-state index is 0.0505. The zero-order chi connectivity index (χ0) is 21.7. The first-order valence-corrected chi connectivity index (χ1v) is 9.87. The van der Waals surface area contributed by atoms with E-state index in [1.54, 1.807) is 43.3 Å². The Bertz CT molecular complexity index is 1320. The van der Waals surface area contributed by atoms with Gasteiger partial charge >= 0.3 is 0 Å². The molecule has 6 heteroatoms. The van der Waals surface area contributed by atoms with Crippen LogP contribution in [0, 0.1) is 13.8 Å². The van der Waals surface area contributed by atoms with Crippen molar-refractivity contribution in [3.05, 3.63) is 101 Å². The third-order valence-corrected chi connectivity index (χ3v) is 5.44. The highest BCUT2D eigenvalue weighted by molar-refractivity contribution is 6.20. The van der Waals surface area contributed by atoms with Gasteiger partial charge < -0.3 is 13.9 Å². The average Bonchev–Trinajstić information content (AvgIpc) is 3.45. The number of fused-ring (bicyclic) bond motifs is 1. The molecule has 31 heavy (non-hydrogen) atoms. The van der Waals surface area contributed by atoms with E-state index in [0.29, 0.717) is 22.8 Å². The van der Waals surface area contributed by atoms with Crippen LogP contribution in [0.2, 0.25) is 0 Å². The molecule has 1 atom stereocenters. The lowest BCUT2D eigenvalue weighted by molar-refractivity contribution is -0.117. The second-order valence-electron chi connectivity index (χ2n) is 7.60. The maximum Gasteiger partial charge on any atom is 0.294 e. The Balaban J connectivity index is 1.65. The van der Waals surface area contributed by atoms with Gasteiger partial charge in [0.15, 0.2) is 11.5 Å². The number of hydrogen-bond donors (Lipinski definition) is 1. The molecule has 1 N–H and O–H groups in total. The summed E-state index contributed by atoms with van der Waals surface area (Å²) >= 11 is 0. The van der Waals surface area contributed by atoms with Gasteiger partial charge in [0, 0.05) is 11.1 Å². The molecule has 0 bridgehead atoms. The molecule has 4 aromatic rings. The lowest BCUT2D eigenvalue weighted by Gasteiger charge is -2.25. The van der Waals surface area contributed by atoms with E-state index < -0.39 is 23.5 Å². The summed E-state index contributed by atoms with van der Waals surface area (Å²) in [5.74, 6) is -0.763. The van der Waals surface area contributed by atoms with E-state index in [9.17, 15) is 14.7 Å². The van der Waals surface area contributed by atoms with Crippen LogP contribution >= 0.6 is 0 Å². The van der Waals surface area contributed by atoms with Crippen LogP contribution < -0.4 is 4.90 Å². The number of nitrogens with zero attached hydrogens (tertiary/aromatic N) is 1. The van der Waals surface area contributed by atoms with Crippen molar-refractivity contribution < 1.29 is 23.5 Å². The Hall–Kier alpha value is -4.06. The number of para-hydroxylation sites is 1. The molecular weight excluding hydrogens is 394 g/mol. The SMILES string of the molecule is Cc1ccc(N2C(=O)C(O)=C(C(=O)c3cc4ccccc4o3)C2c2ccc(C)o2)cc1. The van der Waals surface area contributed by atoms with E-state index in [-0.39, 0.29) is 11.3 Å². The van der Waals surface area contributed by atoms with Crippen molar-refractivity contribution in [2.75, 3.05) is 4.90 Å². The normalized spacial score (nSPS) is 16.5. The molecule has 2 aromatic heterocycles. The zero-order valence-corrected chi connectivity index (χ0v) is 17.0. The summed E-state index contributed by atoms with van der Waals surface area (Å²) in [7, 11) is 0. The molecule has 3 heterocycles. The predicted octanol–water partition coefficient (Wildman–Crippen LogP) is 5.43. The summed E-state index contributed by atoms with van der Waals surface area (Å²) in [6, 6.07) is 18.7. The topological polar surface area (TPSA) is 83.9 Å². The number of carbonyl (C=O) groups excluding carboxylic acids is 2. The van der Waals surface area contributed by atoms with Crippen molar-refractivity contribution in [3.8, 4) is 0 Å². The summed E-state index contributed by atoms with van der Waals surface area (Å²) in [4.78, 5) is 27.9. The quantitative estimate of drug-likeness (QED) is 0.451. The minimum Gasteiger partial charge on any atom is -0.503 e. The summed E-state index contributed by atoms with van der Waals surface area (Å²) in [5.41, 5.74) is 2.06. The second-order valence-corrected chi connectivity index (χ2v) is 7.60.